The summed E-state index contributed by atoms with van der Waals surface area (Å²) in [6, 6.07) is 15.2. The second-order valence-corrected chi connectivity index (χ2v) is 18.6. The quantitative estimate of drug-likeness (QED) is 0.0531. The third-order valence-electron chi connectivity index (χ3n) is 10.4. The van der Waals surface area contributed by atoms with Crippen molar-refractivity contribution in [2.75, 3.05) is 56.5 Å². The number of nitrogens with one attached hydrogen (secondary N) is 4. The summed E-state index contributed by atoms with van der Waals surface area (Å²) < 4.78 is 18.6. The Kier molecular flexibility index (Phi) is 13.4. The molecule has 4 aromatic rings. The maximum atomic E-state index is 13.3. The Labute approximate surface area is 348 Å². The first kappa shape index (κ1) is 42.8. The van der Waals surface area contributed by atoms with Crippen LogP contribution in [0.1, 0.15) is 70.4 Å². The number of aryl methyl sites for hydroxylation is 1. The topological polar surface area (TPSA) is 192 Å². The lowest BCUT2D eigenvalue weighted by Crippen LogP contribution is -2.54. The van der Waals surface area contributed by atoms with Crippen molar-refractivity contribution >= 4 is 82.4 Å². The highest BCUT2D eigenvalue weighted by molar-refractivity contribution is 7.70. The number of benzene rings is 3. The minimum Gasteiger partial charge on any atom is -0.495 e. The largest absolute Gasteiger partial charge is 0.495 e. The number of piperidine rings is 1. The number of carbonyl (C=O) groups excluding carboxylic acids is 5. The highest BCUT2D eigenvalue weighted by atomic mass is 35.5. The van der Waals surface area contributed by atoms with E-state index in [1.807, 2.05) is 43.3 Å². The van der Waals surface area contributed by atoms with Crippen LogP contribution in [0.15, 0.2) is 60.8 Å². The van der Waals surface area contributed by atoms with Crippen molar-refractivity contribution in [1.82, 2.24) is 25.1 Å². The van der Waals surface area contributed by atoms with Crippen molar-refractivity contribution in [2.45, 2.75) is 57.9 Å². The Morgan fingerprint density at radius 1 is 1.00 bits per heavy atom. The molecule has 0 aliphatic carbocycles. The van der Waals surface area contributed by atoms with E-state index in [1.165, 1.54) is 6.20 Å². The van der Waals surface area contributed by atoms with Gasteiger partial charge in [-0.2, -0.15) is 4.98 Å². The molecule has 5 amide bonds. The molecule has 1 unspecified atom stereocenters. The van der Waals surface area contributed by atoms with E-state index in [-0.39, 0.29) is 35.8 Å². The number of amides is 5. The molecule has 0 radical (unpaired) electrons. The zero-order valence-electron chi connectivity index (χ0n) is 33.7. The van der Waals surface area contributed by atoms with Gasteiger partial charge in [0.2, 0.25) is 23.7 Å². The van der Waals surface area contributed by atoms with E-state index in [4.69, 9.17) is 16.3 Å². The Morgan fingerprint density at radius 3 is 2.51 bits per heavy atom. The minimum atomic E-state index is -2.58. The molecule has 0 saturated carbocycles. The predicted octanol–water partition coefficient (Wildman–Crippen LogP) is 6.26. The van der Waals surface area contributed by atoms with Crippen LogP contribution < -0.4 is 31.3 Å². The summed E-state index contributed by atoms with van der Waals surface area (Å²) in [5.74, 6) is -0.926. The van der Waals surface area contributed by atoms with Crippen LogP contribution in [-0.4, -0.2) is 95.9 Å². The van der Waals surface area contributed by atoms with Gasteiger partial charge >= 0.3 is 0 Å². The number of nitrogens with zero attached hydrogens (tertiary/aromatic N) is 4. The SMILES string of the molecule is COc1cc(CCN(C)C(=O)CCCCCNc2cccc3c2C(=O)N(C2CCC(=O)NC2=O)C3=O)c(C)cc1Nc1ncc(Cl)c(Nc2ccccc2P(C)(C)=O)n1. The standard InChI is InChI=1S/C42H48ClN8O7P/c1-25-22-31(47-42-45-24-28(43)38(49-42)46-29-13-8-9-15-34(29)59(4,5)57)33(58-3)23-26(25)19-21-50(2)36(53)16-7-6-10-20-44-30-14-11-12-27-37(30)41(56)51(40(27)55)32-17-18-35(52)48-39(32)54/h8-9,11-15,22-24,32,44H,6-7,10,16-21H2,1-5H3,(H,48,52,54)(H2,45,46,47,49). The molecule has 59 heavy (non-hydrogen) atoms. The normalized spacial score (nSPS) is 15.2. The van der Waals surface area contributed by atoms with Gasteiger partial charge in [-0.1, -0.05) is 36.2 Å². The van der Waals surface area contributed by atoms with Gasteiger partial charge in [-0.05, 0) is 93.5 Å². The van der Waals surface area contributed by atoms with E-state index in [9.17, 15) is 28.5 Å². The van der Waals surface area contributed by atoms with E-state index in [1.54, 1.807) is 50.6 Å². The van der Waals surface area contributed by atoms with Gasteiger partial charge in [-0.3, -0.25) is 34.2 Å². The van der Waals surface area contributed by atoms with Gasteiger partial charge in [0.25, 0.3) is 11.8 Å². The Balaban J connectivity index is 0.969. The van der Waals surface area contributed by atoms with Crippen molar-refractivity contribution < 1.29 is 33.3 Å². The Bertz CT molecular complexity index is 2350. The molecule has 3 heterocycles. The summed E-state index contributed by atoms with van der Waals surface area (Å²) in [6.07, 6.45) is 4.81. The predicted molar refractivity (Wildman–Crippen MR) is 228 cm³/mol. The van der Waals surface area contributed by atoms with Gasteiger partial charge in [0.05, 0.1) is 35.8 Å². The third-order valence-corrected chi connectivity index (χ3v) is 12.2. The van der Waals surface area contributed by atoms with Crippen LogP contribution in [0.4, 0.5) is 28.8 Å². The van der Waals surface area contributed by atoms with Crippen molar-refractivity contribution in [3.05, 3.63) is 88.1 Å². The molecule has 310 valence electrons. The van der Waals surface area contributed by atoms with Crippen LogP contribution in [0.3, 0.4) is 0 Å². The van der Waals surface area contributed by atoms with E-state index < -0.39 is 36.8 Å². The number of fused-ring (bicyclic) bond motifs is 1. The fourth-order valence-electron chi connectivity index (χ4n) is 7.15. The van der Waals surface area contributed by atoms with Crippen molar-refractivity contribution in [3.63, 3.8) is 0 Å². The average molecular weight is 843 g/mol. The fourth-order valence-corrected chi connectivity index (χ4v) is 8.44. The smallest absolute Gasteiger partial charge is 0.264 e. The lowest BCUT2D eigenvalue weighted by molar-refractivity contribution is -0.136. The van der Waals surface area contributed by atoms with Crippen molar-refractivity contribution in [1.29, 1.82) is 0 Å². The number of carbonyl (C=O) groups is 5. The first-order valence-electron chi connectivity index (χ1n) is 19.4. The number of hydrogen-bond acceptors (Lipinski definition) is 12. The number of hydrogen-bond donors (Lipinski definition) is 4. The maximum Gasteiger partial charge on any atom is 0.264 e. The molecule has 1 aromatic heterocycles. The van der Waals surface area contributed by atoms with E-state index >= 15 is 0 Å². The van der Waals surface area contributed by atoms with E-state index in [2.05, 4.69) is 31.2 Å². The van der Waals surface area contributed by atoms with Gasteiger partial charge in [-0.25, -0.2) is 4.98 Å². The van der Waals surface area contributed by atoms with Crippen molar-refractivity contribution in [2.24, 2.45) is 0 Å². The van der Waals surface area contributed by atoms with Gasteiger partial charge in [0.15, 0.2) is 5.82 Å². The summed E-state index contributed by atoms with van der Waals surface area (Å²) in [4.78, 5) is 75.1. The molecule has 1 atom stereocenters. The number of ether oxygens (including phenoxy) is 1. The minimum absolute atomic E-state index is 0.0343. The van der Waals surface area contributed by atoms with Gasteiger partial charge in [-0.15, -0.1) is 0 Å². The van der Waals surface area contributed by atoms with Crippen LogP contribution in [0.2, 0.25) is 5.02 Å². The maximum absolute atomic E-state index is 13.3. The second kappa shape index (κ2) is 18.4. The van der Waals surface area contributed by atoms with Crippen LogP contribution >= 0.6 is 18.7 Å². The van der Waals surface area contributed by atoms with Crippen LogP contribution in [0.5, 0.6) is 5.75 Å². The number of halogens is 1. The number of rotatable bonds is 17. The zero-order valence-corrected chi connectivity index (χ0v) is 35.3. The molecule has 2 aliphatic rings. The summed E-state index contributed by atoms with van der Waals surface area (Å²) in [6.45, 7) is 6.43. The number of aromatic nitrogens is 2. The average Bonchev–Trinajstić information content (AvgIpc) is 3.45. The van der Waals surface area contributed by atoms with Gasteiger partial charge in [0, 0.05) is 44.0 Å². The Morgan fingerprint density at radius 2 is 1.76 bits per heavy atom. The molecule has 3 aromatic carbocycles. The molecule has 6 rings (SSSR count). The van der Waals surface area contributed by atoms with Gasteiger partial charge in [0.1, 0.15) is 24.0 Å². The summed E-state index contributed by atoms with van der Waals surface area (Å²) >= 11 is 6.45. The number of methoxy groups -OCH3 is 1. The lowest BCUT2D eigenvalue weighted by atomic mass is 10.0. The molecule has 0 spiro atoms. The summed E-state index contributed by atoms with van der Waals surface area (Å²) in [7, 11) is 0.793. The molecular weight excluding hydrogens is 795 g/mol. The van der Waals surface area contributed by atoms with Crippen LogP contribution in [0, 0.1) is 6.92 Å². The number of unbranched alkanes of at least 4 members (excludes halogenated alkanes) is 2. The van der Waals surface area contributed by atoms with Gasteiger partial charge < -0.3 is 30.2 Å². The molecule has 1 fully saturated rings. The number of anilines is 5. The lowest BCUT2D eigenvalue weighted by Gasteiger charge is -2.27. The summed E-state index contributed by atoms with van der Waals surface area (Å²) in [5.41, 5.74) is 4.26. The van der Waals surface area contributed by atoms with E-state index in [0.29, 0.717) is 71.3 Å². The fraction of sp³-hybridized carbons (Fsp3) is 0.357. The third kappa shape index (κ3) is 9.92. The molecule has 17 heteroatoms. The van der Waals surface area contributed by atoms with Crippen molar-refractivity contribution in [3.8, 4) is 5.75 Å². The monoisotopic (exact) mass is 842 g/mol. The molecule has 15 nitrogen and oxygen atoms in total. The highest BCUT2D eigenvalue weighted by Gasteiger charge is 2.45. The summed E-state index contributed by atoms with van der Waals surface area (Å²) in [5, 5.41) is 12.9. The first-order valence-corrected chi connectivity index (χ1v) is 22.3. The first-order chi connectivity index (χ1) is 28.2. The van der Waals surface area contributed by atoms with Crippen LogP contribution in [-0.2, 0) is 25.4 Å². The second-order valence-electron chi connectivity index (χ2n) is 15.0. The molecule has 2 aliphatic heterocycles. The molecule has 4 N–H and O–H groups in total. The molecule has 0 bridgehead atoms. The Hall–Kier alpha value is -5.79. The molecular formula is C42H48ClN8O7P. The number of imide groups is 2. The van der Waals surface area contributed by atoms with Crippen LogP contribution in [0.25, 0.3) is 0 Å². The highest BCUT2D eigenvalue weighted by Crippen LogP contribution is 2.39. The molecule has 1 saturated heterocycles. The number of likely N-dealkylation sites (N-methyl/N-ethyl adjacent to an activating group) is 1. The zero-order chi connectivity index (χ0) is 42.4. The number of para-hydroxylation sites is 1. The van der Waals surface area contributed by atoms with E-state index in [0.717, 1.165) is 28.9 Å².